The van der Waals surface area contributed by atoms with Crippen molar-refractivity contribution in [2.75, 3.05) is 11.5 Å². The van der Waals surface area contributed by atoms with E-state index in [1.165, 1.54) is 4.90 Å². The minimum Gasteiger partial charge on any atom is -0.333 e. The highest BCUT2D eigenvalue weighted by Crippen LogP contribution is 2.24. The minimum atomic E-state index is 0.783. The molecule has 0 fully saturated rings. The third-order valence-corrected chi connectivity index (χ3v) is 5.17. The Hall–Kier alpha value is -1.10. The zero-order valence-electron chi connectivity index (χ0n) is 10.7. The highest BCUT2D eigenvalue weighted by Gasteiger charge is 2.02. The van der Waals surface area contributed by atoms with E-state index in [0.717, 1.165) is 32.7 Å². The van der Waals surface area contributed by atoms with Gasteiger partial charge in [0.25, 0.3) is 0 Å². The van der Waals surface area contributed by atoms with Crippen LogP contribution in [-0.4, -0.2) is 21.5 Å². The normalized spacial score (nSPS) is 11.1. The van der Waals surface area contributed by atoms with Crippen molar-refractivity contribution in [3.05, 3.63) is 53.6 Å². The molecule has 3 rings (SSSR count). The van der Waals surface area contributed by atoms with E-state index in [2.05, 4.69) is 28.2 Å². The third-order valence-electron chi connectivity index (χ3n) is 2.77. The number of aromatic amines is 1. The van der Waals surface area contributed by atoms with Crippen molar-refractivity contribution in [1.29, 1.82) is 0 Å². The van der Waals surface area contributed by atoms with Crippen LogP contribution in [0.5, 0.6) is 0 Å². The van der Waals surface area contributed by atoms with Gasteiger partial charge in [-0.05, 0) is 36.4 Å². The van der Waals surface area contributed by atoms with Gasteiger partial charge in [0.2, 0.25) is 0 Å². The third kappa shape index (κ3) is 3.51. The van der Waals surface area contributed by atoms with E-state index in [1.54, 1.807) is 11.8 Å². The van der Waals surface area contributed by atoms with E-state index >= 15 is 0 Å². The van der Waals surface area contributed by atoms with Gasteiger partial charge in [0, 0.05) is 21.4 Å². The fourth-order valence-corrected chi connectivity index (χ4v) is 3.72. The number of thioether (sulfide) groups is 2. The fourth-order valence-electron chi connectivity index (χ4n) is 1.83. The second kappa shape index (κ2) is 6.57. The van der Waals surface area contributed by atoms with Gasteiger partial charge in [0.15, 0.2) is 5.16 Å². The summed E-state index contributed by atoms with van der Waals surface area (Å²) in [5, 5.41) is 1.77. The average Bonchev–Trinajstić information content (AvgIpc) is 2.88. The summed E-state index contributed by atoms with van der Waals surface area (Å²) in [6, 6.07) is 16.1. The van der Waals surface area contributed by atoms with E-state index in [-0.39, 0.29) is 0 Å². The molecule has 0 saturated carbocycles. The zero-order chi connectivity index (χ0) is 13.8. The molecule has 102 valence electrons. The number of fused-ring (bicyclic) bond motifs is 1. The highest BCUT2D eigenvalue weighted by atomic mass is 35.5. The van der Waals surface area contributed by atoms with Crippen LogP contribution in [0.1, 0.15) is 0 Å². The molecule has 1 N–H and O–H groups in total. The van der Waals surface area contributed by atoms with Gasteiger partial charge in [-0.15, -0.1) is 11.8 Å². The van der Waals surface area contributed by atoms with Gasteiger partial charge in [-0.2, -0.15) is 0 Å². The molecule has 3 aromatic rings. The molecule has 2 nitrogen and oxygen atoms in total. The first-order valence-electron chi connectivity index (χ1n) is 6.27. The second-order valence-electron chi connectivity index (χ2n) is 4.21. The van der Waals surface area contributed by atoms with Crippen LogP contribution in [0, 0.1) is 0 Å². The smallest absolute Gasteiger partial charge is 0.166 e. The molecule has 0 spiro atoms. The van der Waals surface area contributed by atoms with Crippen LogP contribution >= 0.6 is 35.1 Å². The Balaban J connectivity index is 1.51. The summed E-state index contributed by atoms with van der Waals surface area (Å²) in [6.07, 6.45) is 0. The maximum Gasteiger partial charge on any atom is 0.166 e. The maximum absolute atomic E-state index is 5.87. The molecule has 0 bridgehead atoms. The summed E-state index contributed by atoms with van der Waals surface area (Å²) in [5.74, 6) is 2.07. The standard InChI is InChI=1S/C15H13ClN2S2/c16-11-5-7-12(8-6-11)19-9-10-20-15-17-13-3-1-2-4-14(13)18-15/h1-8H,9-10H2,(H,17,18). The Morgan fingerprint density at radius 1 is 0.950 bits per heavy atom. The van der Waals surface area contributed by atoms with Gasteiger partial charge >= 0.3 is 0 Å². The van der Waals surface area contributed by atoms with E-state index in [4.69, 9.17) is 11.6 Å². The summed E-state index contributed by atoms with van der Waals surface area (Å²) in [7, 11) is 0. The Kier molecular flexibility index (Phi) is 4.55. The number of nitrogens with zero attached hydrogens (tertiary/aromatic N) is 1. The number of hydrogen-bond acceptors (Lipinski definition) is 3. The van der Waals surface area contributed by atoms with Gasteiger partial charge in [0.05, 0.1) is 11.0 Å². The van der Waals surface area contributed by atoms with Crippen LogP contribution in [-0.2, 0) is 0 Å². The molecule has 0 atom stereocenters. The monoisotopic (exact) mass is 320 g/mol. The summed E-state index contributed by atoms with van der Waals surface area (Å²) in [5.41, 5.74) is 2.13. The van der Waals surface area contributed by atoms with Crippen molar-refractivity contribution in [3.63, 3.8) is 0 Å². The molecular formula is C15H13ClN2S2. The topological polar surface area (TPSA) is 28.7 Å². The Labute approximate surface area is 131 Å². The molecule has 20 heavy (non-hydrogen) atoms. The number of imidazole rings is 1. The number of nitrogens with one attached hydrogen (secondary N) is 1. The Bertz CT molecular complexity index is 661. The first kappa shape index (κ1) is 13.9. The summed E-state index contributed by atoms with van der Waals surface area (Å²) in [6.45, 7) is 0. The number of halogens is 1. The average molecular weight is 321 g/mol. The van der Waals surface area contributed by atoms with Crippen molar-refractivity contribution in [1.82, 2.24) is 9.97 Å². The first-order valence-corrected chi connectivity index (χ1v) is 8.62. The van der Waals surface area contributed by atoms with E-state index < -0.39 is 0 Å². The maximum atomic E-state index is 5.87. The lowest BCUT2D eigenvalue weighted by Gasteiger charge is -2.00. The number of H-pyrrole nitrogens is 1. The van der Waals surface area contributed by atoms with Gasteiger partial charge in [0.1, 0.15) is 0 Å². The van der Waals surface area contributed by atoms with Crippen molar-refractivity contribution < 1.29 is 0 Å². The summed E-state index contributed by atoms with van der Waals surface area (Å²) >= 11 is 9.46. The van der Waals surface area contributed by atoms with E-state index in [1.807, 2.05) is 42.1 Å². The Morgan fingerprint density at radius 2 is 1.70 bits per heavy atom. The summed E-state index contributed by atoms with van der Waals surface area (Å²) in [4.78, 5) is 9.13. The molecule has 0 aliphatic rings. The molecule has 0 amide bonds. The van der Waals surface area contributed by atoms with Crippen molar-refractivity contribution in [3.8, 4) is 0 Å². The number of rotatable bonds is 5. The van der Waals surface area contributed by atoms with E-state index in [0.29, 0.717) is 0 Å². The van der Waals surface area contributed by atoms with Gasteiger partial charge in [-0.25, -0.2) is 4.98 Å². The van der Waals surface area contributed by atoms with Crippen LogP contribution in [0.25, 0.3) is 11.0 Å². The van der Waals surface area contributed by atoms with Gasteiger partial charge < -0.3 is 4.98 Å². The van der Waals surface area contributed by atoms with Crippen LogP contribution < -0.4 is 0 Å². The lowest BCUT2D eigenvalue weighted by molar-refractivity contribution is 1.08. The minimum absolute atomic E-state index is 0.783. The molecule has 0 aliphatic heterocycles. The van der Waals surface area contributed by atoms with Crippen molar-refractivity contribution >= 4 is 46.2 Å². The van der Waals surface area contributed by atoms with Gasteiger partial charge in [-0.1, -0.05) is 35.5 Å². The fraction of sp³-hybridized carbons (Fsp3) is 0.133. The molecule has 0 radical (unpaired) electrons. The number of aromatic nitrogens is 2. The molecule has 1 aromatic heterocycles. The lowest BCUT2D eigenvalue weighted by Crippen LogP contribution is -1.85. The lowest BCUT2D eigenvalue weighted by atomic mass is 10.3. The predicted octanol–water partition coefficient (Wildman–Crippen LogP) is 5.10. The summed E-state index contributed by atoms with van der Waals surface area (Å²) < 4.78 is 0. The molecule has 5 heteroatoms. The first-order chi connectivity index (χ1) is 9.81. The SMILES string of the molecule is Clc1ccc(SCCSc2nc3ccccc3[nH]2)cc1. The molecule has 0 unspecified atom stereocenters. The largest absolute Gasteiger partial charge is 0.333 e. The molecular weight excluding hydrogens is 308 g/mol. The highest BCUT2D eigenvalue weighted by molar-refractivity contribution is 8.02. The zero-order valence-corrected chi connectivity index (χ0v) is 13.1. The van der Waals surface area contributed by atoms with E-state index in [9.17, 15) is 0 Å². The Morgan fingerprint density at radius 3 is 2.50 bits per heavy atom. The van der Waals surface area contributed by atoms with Crippen molar-refractivity contribution in [2.45, 2.75) is 10.1 Å². The predicted molar refractivity (Wildman–Crippen MR) is 89.0 cm³/mol. The quantitative estimate of drug-likeness (QED) is 0.523. The van der Waals surface area contributed by atoms with Crippen molar-refractivity contribution in [2.24, 2.45) is 0 Å². The van der Waals surface area contributed by atoms with Gasteiger partial charge in [-0.3, -0.25) is 0 Å². The molecule has 1 heterocycles. The number of hydrogen-bond donors (Lipinski definition) is 1. The van der Waals surface area contributed by atoms with Crippen LogP contribution in [0.15, 0.2) is 58.6 Å². The number of benzene rings is 2. The van der Waals surface area contributed by atoms with Crippen LogP contribution in [0.4, 0.5) is 0 Å². The molecule has 0 aliphatic carbocycles. The molecule has 0 saturated heterocycles. The number of para-hydroxylation sites is 2. The van der Waals surface area contributed by atoms with Crippen LogP contribution in [0.3, 0.4) is 0 Å². The van der Waals surface area contributed by atoms with Crippen LogP contribution in [0.2, 0.25) is 5.02 Å². The molecule has 2 aromatic carbocycles. The second-order valence-corrected chi connectivity index (χ2v) is 6.90.